The Hall–Kier alpha value is -0.900. The molecule has 1 fully saturated rings. The first-order valence-corrected chi connectivity index (χ1v) is 7.38. The zero-order valence-corrected chi connectivity index (χ0v) is 11.4. The molecule has 1 unspecified atom stereocenters. The second-order valence-corrected chi connectivity index (χ2v) is 5.86. The van der Waals surface area contributed by atoms with Crippen molar-refractivity contribution in [3.05, 3.63) is 35.4 Å². The Bertz CT molecular complexity index is 427. The van der Waals surface area contributed by atoms with E-state index in [1.54, 1.807) is 0 Å². The van der Waals surface area contributed by atoms with E-state index in [4.69, 9.17) is 4.74 Å². The smallest absolute Gasteiger partial charge is 0.0815 e. The number of aliphatic hydroxyl groups is 1. The third kappa shape index (κ3) is 2.99. The van der Waals surface area contributed by atoms with Gasteiger partial charge in [0.2, 0.25) is 0 Å². The summed E-state index contributed by atoms with van der Waals surface area (Å²) >= 11 is 0. The van der Waals surface area contributed by atoms with Crippen LogP contribution in [0.15, 0.2) is 24.3 Å². The molecule has 0 radical (unpaired) electrons. The molecule has 0 aromatic heterocycles. The van der Waals surface area contributed by atoms with E-state index < -0.39 is 5.60 Å². The van der Waals surface area contributed by atoms with Crippen LogP contribution in [0.4, 0.5) is 0 Å². The maximum Gasteiger partial charge on any atom is 0.0815 e. The Morgan fingerprint density at radius 1 is 1.26 bits per heavy atom. The van der Waals surface area contributed by atoms with E-state index in [1.165, 1.54) is 30.4 Å². The summed E-state index contributed by atoms with van der Waals surface area (Å²) in [6.45, 7) is 2.04. The molecule has 3 nitrogen and oxygen atoms in total. The van der Waals surface area contributed by atoms with Gasteiger partial charge in [0.25, 0.3) is 0 Å². The van der Waals surface area contributed by atoms with Crippen molar-refractivity contribution in [2.24, 2.45) is 0 Å². The number of benzene rings is 1. The van der Waals surface area contributed by atoms with Gasteiger partial charge >= 0.3 is 0 Å². The minimum atomic E-state index is -0.579. The Kier molecular flexibility index (Phi) is 3.87. The molecule has 1 aromatic carbocycles. The summed E-state index contributed by atoms with van der Waals surface area (Å²) in [5.41, 5.74) is 2.31. The highest BCUT2D eigenvalue weighted by Gasteiger charge is 2.31. The zero-order valence-electron chi connectivity index (χ0n) is 11.4. The van der Waals surface area contributed by atoms with Crippen LogP contribution in [-0.2, 0) is 11.2 Å². The van der Waals surface area contributed by atoms with Gasteiger partial charge in [0, 0.05) is 38.6 Å². The zero-order chi connectivity index (χ0) is 13.1. The summed E-state index contributed by atoms with van der Waals surface area (Å²) in [6.07, 6.45) is 5.08. The molecule has 2 aliphatic rings. The number of hydrogen-bond donors (Lipinski definition) is 2. The molecule has 1 atom stereocenters. The van der Waals surface area contributed by atoms with Crippen molar-refractivity contribution in [1.29, 1.82) is 0 Å². The first-order chi connectivity index (χ1) is 9.27. The van der Waals surface area contributed by atoms with Gasteiger partial charge in [-0.3, -0.25) is 0 Å². The normalized spacial score (nSPS) is 25.8. The van der Waals surface area contributed by atoms with E-state index in [0.29, 0.717) is 25.8 Å². The molecular formula is C16H23NO2. The van der Waals surface area contributed by atoms with Gasteiger partial charge in [-0.1, -0.05) is 24.3 Å². The van der Waals surface area contributed by atoms with E-state index in [9.17, 15) is 5.11 Å². The lowest BCUT2D eigenvalue weighted by molar-refractivity contribution is -0.0630. The maximum absolute atomic E-state index is 10.5. The third-order valence-electron chi connectivity index (χ3n) is 4.47. The van der Waals surface area contributed by atoms with Crippen molar-refractivity contribution in [3.63, 3.8) is 0 Å². The van der Waals surface area contributed by atoms with Gasteiger partial charge in [-0.15, -0.1) is 0 Å². The molecular weight excluding hydrogens is 238 g/mol. The van der Waals surface area contributed by atoms with Gasteiger partial charge in [0.1, 0.15) is 0 Å². The van der Waals surface area contributed by atoms with Crippen molar-refractivity contribution >= 4 is 0 Å². The lowest BCUT2D eigenvalue weighted by Gasteiger charge is -2.35. The molecule has 19 heavy (non-hydrogen) atoms. The van der Waals surface area contributed by atoms with Crippen LogP contribution in [0.3, 0.4) is 0 Å². The Morgan fingerprint density at radius 2 is 2.05 bits per heavy atom. The summed E-state index contributed by atoms with van der Waals surface area (Å²) in [7, 11) is 0. The van der Waals surface area contributed by atoms with Gasteiger partial charge < -0.3 is 15.2 Å². The first-order valence-electron chi connectivity index (χ1n) is 7.38. The first kappa shape index (κ1) is 13.1. The van der Waals surface area contributed by atoms with Crippen molar-refractivity contribution in [2.45, 2.75) is 43.7 Å². The van der Waals surface area contributed by atoms with Crippen LogP contribution in [0.1, 0.15) is 42.9 Å². The van der Waals surface area contributed by atoms with Crippen LogP contribution in [0.5, 0.6) is 0 Å². The average molecular weight is 261 g/mol. The fraction of sp³-hybridized carbons (Fsp3) is 0.625. The highest BCUT2D eigenvalue weighted by atomic mass is 16.5. The number of ether oxygens (including phenoxy) is 1. The van der Waals surface area contributed by atoms with Crippen LogP contribution in [0, 0.1) is 0 Å². The number of hydrogen-bond acceptors (Lipinski definition) is 3. The maximum atomic E-state index is 10.5. The molecule has 104 valence electrons. The van der Waals surface area contributed by atoms with Gasteiger partial charge in [-0.05, 0) is 30.4 Å². The second-order valence-electron chi connectivity index (χ2n) is 5.86. The minimum absolute atomic E-state index is 0.400. The standard InChI is InChI=1S/C16H23NO2/c18-16(8-10-19-11-9-16)12-17-15-7-3-5-13-4-1-2-6-14(13)15/h1-2,4,6,15,17-18H,3,5,7-12H2. The van der Waals surface area contributed by atoms with Crippen molar-refractivity contribution in [2.75, 3.05) is 19.8 Å². The molecule has 0 spiro atoms. The lowest BCUT2D eigenvalue weighted by atomic mass is 9.86. The van der Waals surface area contributed by atoms with E-state index in [2.05, 4.69) is 29.6 Å². The van der Waals surface area contributed by atoms with Crippen LogP contribution in [0.2, 0.25) is 0 Å². The Balaban J connectivity index is 1.64. The van der Waals surface area contributed by atoms with Gasteiger partial charge in [0.05, 0.1) is 5.60 Å². The van der Waals surface area contributed by atoms with Crippen molar-refractivity contribution in [3.8, 4) is 0 Å². The SMILES string of the molecule is OC1(CNC2CCCc3ccccc32)CCOCC1. The molecule has 1 saturated heterocycles. The molecule has 1 aliphatic carbocycles. The monoisotopic (exact) mass is 261 g/mol. The Morgan fingerprint density at radius 3 is 2.89 bits per heavy atom. The predicted molar refractivity (Wildman–Crippen MR) is 75.1 cm³/mol. The fourth-order valence-corrected chi connectivity index (χ4v) is 3.21. The number of aryl methyl sites for hydroxylation is 1. The average Bonchev–Trinajstić information content (AvgIpc) is 2.46. The quantitative estimate of drug-likeness (QED) is 0.876. The minimum Gasteiger partial charge on any atom is -0.388 e. The molecule has 3 heteroatoms. The molecule has 1 heterocycles. The van der Waals surface area contributed by atoms with Crippen LogP contribution in [-0.4, -0.2) is 30.5 Å². The van der Waals surface area contributed by atoms with E-state index in [-0.39, 0.29) is 0 Å². The molecule has 1 aliphatic heterocycles. The summed E-state index contributed by atoms with van der Waals surface area (Å²) in [5.74, 6) is 0. The van der Waals surface area contributed by atoms with E-state index in [1.807, 2.05) is 0 Å². The highest BCUT2D eigenvalue weighted by Crippen LogP contribution is 2.30. The van der Waals surface area contributed by atoms with Crippen LogP contribution >= 0.6 is 0 Å². The molecule has 0 amide bonds. The number of nitrogens with one attached hydrogen (secondary N) is 1. The predicted octanol–water partition coefficient (Wildman–Crippen LogP) is 2.20. The number of rotatable bonds is 3. The number of fused-ring (bicyclic) bond motifs is 1. The molecule has 3 rings (SSSR count). The molecule has 0 bridgehead atoms. The Labute approximate surface area is 115 Å². The van der Waals surface area contributed by atoms with Gasteiger partial charge in [0.15, 0.2) is 0 Å². The lowest BCUT2D eigenvalue weighted by Crippen LogP contribution is -2.46. The van der Waals surface area contributed by atoms with Crippen molar-refractivity contribution < 1.29 is 9.84 Å². The highest BCUT2D eigenvalue weighted by molar-refractivity contribution is 5.32. The largest absolute Gasteiger partial charge is 0.388 e. The fourth-order valence-electron chi connectivity index (χ4n) is 3.21. The van der Waals surface area contributed by atoms with E-state index in [0.717, 1.165) is 12.8 Å². The summed E-state index contributed by atoms with van der Waals surface area (Å²) in [5, 5.41) is 14.1. The molecule has 2 N–H and O–H groups in total. The summed E-state index contributed by atoms with van der Waals surface area (Å²) < 4.78 is 5.33. The molecule has 0 saturated carbocycles. The summed E-state index contributed by atoms with van der Waals surface area (Å²) in [4.78, 5) is 0. The van der Waals surface area contributed by atoms with E-state index >= 15 is 0 Å². The second kappa shape index (κ2) is 5.61. The molecule has 1 aromatic rings. The van der Waals surface area contributed by atoms with Crippen molar-refractivity contribution in [1.82, 2.24) is 5.32 Å². The third-order valence-corrected chi connectivity index (χ3v) is 4.47. The van der Waals surface area contributed by atoms with Crippen LogP contribution < -0.4 is 5.32 Å². The summed E-state index contributed by atoms with van der Waals surface area (Å²) in [6, 6.07) is 9.08. The van der Waals surface area contributed by atoms with Gasteiger partial charge in [-0.25, -0.2) is 0 Å². The van der Waals surface area contributed by atoms with Gasteiger partial charge in [-0.2, -0.15) is 0 Å². The van der Waals surface area contributed by atoms with Crippen LogP contribution in [0.25, 0.3) is 0 Å². The topological polar surface area (TPSA) is 41.5 Å².